The summed E-state index contributed by atoms with van der Waals surface area (Å²) in [6.45, 7) is 1.29. The standard InChI is InChI=1S/C15H20F2N2O2/c1-11(12-6-4-3-5-7-12)18(2)13-8-9-19(14(20)21)10-15(13,16)17/h3-7,11,13H,8-10H2,1-2H3,(H,20,21)/t11-,13-/m1/s1. The van der Waals surface area contributed by atoms with E-state index in [2.05, 4.69) is 0 Å². The van der Waals surface area contributed by atoms with Gasteiger partial charge in [0, 0.05) is 12.6 Å². The number of benzene rings is 1. The molecule has 21 heavy (non-hydrogen) atoms. The van der Waals surface area contributed by atoms with Gasteiger partial charge in [0.2, 0.25) is 0 Å². The fourth-order valence-corrected chi connectivity index (χ4v) is 2.83. The lowest BCUT2D eigenvalue weighted by Crippen LogP contribution is -2.58. The minimum atomic E-state index is -3.05. The number of carbonyl (C=O) groups is 1. The zero-order valence-electron chi connectivity index (χ0n) is 12.2. The molecule has 0 spiro atoms. The second-order valence-electron chi connectivity index (χ2n) is 5.52. The van der Waals surface area contributed by atoms with E-state index in [4.69, 9.17) is 5.11 Å². The fourth-order valence-electron chi connectivity index (χ4n) is 2.83. The van der Waals surface area contributed by atoms with E-state index in [0.29, 0.717) is 0 Å². The van der Waals surface area contributed by atoms with Crippen LogP contribution < -0.4 is 0 Å². The molecule has 0 radical (unpaired) electrons. The zero-order chi connectivity index (χ0) is 15.6. The molecule has 1 aromatic rings. The maximum Gasteiger partial charge on any atom is 0.407 e. The Morgan fingerprint density at radius 3 is 2.57 bits per heavy atom. The topological polar surface area (TPSA) is 43.8 Å². The summed E-state index contributed by atoms with van der Waals surface area (Å²) in [5.41, 5.74) is 0.969. The van der Waals surface area contributed by atoms with Crippen molar-refractivity contribution in [3.05, 3.63) is 35.9 Å². The molecule has 1 saturated heterocycles. The number of rotatable bonds is 3. The Bertz CT molecular complexity index is 496. The number of carboxylic acid groups (broad SMARTS) is 1. The van der Waals surface area contributed by atoms with Crippen LogP contribution in [0.3, 0.4) is 0 Å². The molecule has 2 atom stereocenters. The van der Waals surface area contributed by atoms with E-state index in [1.54, 1.807) is 11.9 Å². The molecule has 4 nitrogen and oxygen atoms in total. The molecule has 0 aliphatic carbocycles. The molecule has 1 fully saturated rings. The van der Waals surface area contributed by atoms with Gasteiger partial charge in [0.05, 0.1) is 12.6 Å². The molecule has 1 heterocycles. The summed E-state index contributed by atoms with van der Waals surface area (Å²) in [5, 5.41) is 8.86. The van der Waals surface area contributed by atoms with Gasteiger partial charge in [-0.05, 0) is 26.0 Å². The van der Waals surface area contributed by atoms with Crippen LogP contribution in [0, 0.1) is 0 Å². The first-order valence-corrected chi connectivity index (χ1v) is 6.95. The van der Waals surface area contributed by atoms with Crippen molar-refractivity contribution in [3.8, 4) is 0 Å². The van der Waals surface area contributed by atoms with Crippen molar-refractivity contribution < 1.29 is 18.7 Å². The summed E-state index contributed by atoms with van der Waals surface area (Å²) in [5.74, 6) is -3.05. The minimum absolute atomic E-state index is 0.132. The highest BCUT2D eigenvalue weighted by atomic mass is 19.3. The van der Waals surface area contributed by atoms with Gasteiger partial charge in [0.25, 0.3) is 5.92 Å². The van der Waals surface area contributed by atoms with Gasteiger partial charge in [0.1, 0.15) is 0 Å². The van der Waals surface area contributed by atoms with Crippen LogP contribution in [0.2, 0.25) is 0 Å². The molecule has 1 aromatic carbocycles. The van der Waals surface area contributed by atoms with Crippen molar-refractivity contribution in [2.75, 3.05) is 20.1 Å². The predicted molar refractivity (Wildman–Crippen MR) is 75.6 cm³/mol. The van der Waals surface area contributed by atoms with Crippen LogP contribution >= 0.6 is 0 Å². The summed E-state index contributed by atoms with van der Waals surface area (Å²) in [6.07, 6.45) is -1.15. The lowest BCUT2D eigenvalue weighted by molar-refractivity contribution is -0.123. The van der Waals surface area contributed by atoms with Crippen LogP contribution in [0.4, 0.5) is 13.6 Å². The smallest absolute Gasteiger partial charge is 0.407 e. The van der Waals surface area contributed by atoms with Crippen molar-refractivity contribution in [2.24, 2.45) is 0 Å². The van der Waals surface area contributed by atoms with Crippen LogP contribution in [0.5, 0.6) is 0 Å². The van der Waals surface area contributed by atoms with Gasteiger partial charge < -0.3 is 10.0 Å². The van der Waals surface area contributed by atoms with Crippen molar-refractivity contribution >= 4 is 6.09 Å². The minimum Gasteiger partial charge on any atom is -0.465 e. The van der Waals surface area contributed by atoms with Crippen LogP contribution in [0.25, 0.3) is 0 Å². The van der Waals surface area contributed by atoms with Gasteiger partial charge in [-0.15, -0.1) is 0 Å². The summed E-state index contributed by atoms with van der Waals surface area (Å²) in [4.78, 5) is 13.3. The second-order valence-corrected chi connectivity index (χ2v) is 5.52. The third-order valence-electron chi connectivity index (χ3n) is 4.22. The van der Waals surface area contributed by atoms with Gasteiger partial charge >= 0.3 is 6.09 Å². The molecular formula is C15H20F2N2O2. The third kappa shape index (κ3) is 3.32. The Morgan fingerprint density at radius 2 is 2.05 bits per heavy atom. The zero-order valence-corrected chi connectivity index (χ0v) is 12.2. The molecular weight excluding hydrogens is 278 g/mol. The van der Waals surface area contributed by atoms with E-state index in [9.17, 15) is 13.6 Å². The van der Waals surface area contributed by atoms with Crippen LogP contribution in [-0.4, -0.2) is 53.1 Å². The molecule has 0 bridgehead atoms. The monoisotopic (exact) mass is 298 g/mol. The molecule has 0 unspecified atom stereocenters. The van der Waals surface area contributed by atoms with E-state index in [1.807, 2.05) is 37.3 Å². The average molecular weight is 298 g/mol. The summed E-state index contributed by atoms with van der Waals surface area (Å²) in [7, 11) is 1.67. The summed E-state index contributed by atoms with van der Waals surface area (Å²) >= 11 is 0. The number of likely N-dealkylation sites (tertiary alicyclic amines) is 1. The number of hydrogen-bond donors (Lipinski definition) is 1. The van der Waals surface area contributed by atoms with E-state index in [-0.39, 0.29) is 19.0 Å². The van der Waals surface area contributed by atoms with Gasteiger partial charge in [0.15, 0.2) is 0 Å². The number of nitrogens with zero attached hydrogens (tertiary/aromatic N) is 2. The Balaban J connectivity index is 2.12. The van der Waals surface area contributed by atoms with E-state index < -0.39 is 24.6 Å². The van der Waals surface area contributed by atoms with Gasteiger partial charge in [-0.25, -0.2) is 13.6 Å². The molecule has 0 saturated carbocycles. The third-order valence-corrected chi connectivity index (χ3v) is 4.22. The molecule has 1 aliphatic heterocycles. The van der Waals surface area contributed by atoms with Crippen molar-refractivity contribution in [1.29, 1.82) is 0 Å². The quantitative estimate of drug-likeness (QED) is 0.932. The highest BCUT2D eigenvalue weighted by molar-refractivity contribution is 5.65. The maximum atomic E-state index is 14.3. The largest absolute Gasteiger partial charge is 0.465 e. The van der Waals surface area contributed by atoms with Gasteiger partial charge in [-0.3, -0.25) is 4.90 Å². The predicted octanol–water partition coefficient (Wildman–Crippen LogP) is 3.07. The average Bonchev–Trinajstić information content (AvgIpc) is 2.45. The van der Waals surface area contributed by atoms with Crippen LogP contribution in [-0.2, 0) is 0 Å². The summed E-state index contributed by atoms with van der Waals surface area (Å²) < 4.78 is 28.5. The number of alkyl halides is 2. The molecule has 1 amide bonds. The summed E-state index contributed by atoms with van der Waals surface area (Å²) in [6, 6.07) is 8.35. The first-order valence-electron chi connectivity index (χ1n) is 6.95. The van der Waals surface area contributed by atoms with E-state index >= 15 is 0 Å². The Morgan fingerprint density at radius 1 is 1.43 bits per heavy atom. The number of halogens is 2. The lowest BCUT2D eigenvalue weighted by atomic mass is 9.96. The first kappa shape index (κ1) is 15.7. The molecule has 2 rings (SSSR count). The van der Waals surface area contributed by atoms with Crippen LogP contribution in [0.15, 0.2) is 30.3 Å². The van der Waals surface area contributed by atoms with Crippen molar-refractivity contribution in [2.45, 2.75) is 31.4 Å². The highest BCUT2D eigenvalue weighted by Gasteiger charge is 2.48. The lowest BCUT2D eigenvalue weighted by Gasteiger charge is -2.43. The van der Waals surface area contributed by atoms with Crippen molar-refractivity contribution in [1.82, 2.24) is 9.80 Å². The molecule has 1 aliphatic rings. The van der Waals surface area contributed by atoms with Gasteiger partial charge in [-0.2, -0.15) is 0 Å². The van der Waals surface area contributed by atoms with E-state index in [1.165, 1.54) is 0 Å². The number of piperidine rings is 1. The Hall–Kier alpha value is -1.69. The van der Waals surface area contributed by atoms with Gasteiger partial charge in [-0.1, -0.05) is 30.3 Å². The fraction of sp³-hybridized carbons (Fsp3) is 0.533. The first-order chi connectivity index (χ1) is 9.83. The molecule has 6 heteroatoms. The molecule has 0 aromatic heterocycles. The molecule has 1 N–H and O–H groups in total. The number of hydrogen-bond acceptors (Lipinski definition) is 2. The SMILES string of the molecule is C[C@H](c1ccccc1)N(C)[C@@H]1CCN(C(=O)O)CC1(F)F. The molecule has 116 valence electrons. The highest BCUT2D eigenvalue weighted by Crippen LogP contribution is 2.34. The van der Waals surface area contributed by atoms with Crippen molar-refractivity contribution in [3.63, 3.8) is 0 Å². The van der Waals surface area contributed by atoms with E-state index in [0.717, 1.165) is 10.5 Å². The second kappa shape index (κ2) is 5.97. The maximum absolute atomic E-state index is 14.3. The Labute approximate surface area is 123 Å². The number of amides is 1. The normalized spacial score (nSPS) is 23.1. The Kier molecular flexibility index (Phi) is 4.46. The van der Waals surface area contributed by atoms with Crippen LogP contribution in [0.1, 0.15) is 24.9 Å².